The molecule has 0 spiro atoms. The maximum Gasteiger partial charge on any atom is 0.240 e. The quantitative estimate of drug-likeness (QED) is 0.909. The molecule has 0 aliphatic heterocycles. The molecule has 0 amide bonds. The van der Waals surface area contributed by atoms with Crippen LogP contribution in [0.2, 0.25) is 4.34 Å². The molecule has 0 saturated carbocycles. The number of hydrogen-bond donors (Lipinski definition) is 2. The van der Waals surface area contributed by atoms with Crippen LogP contribution in [0.15, 0.2) is 41.3 Å². The minimum Gasteiger partial charge on any atom is -0.377 e. The van der Waals surface area contributed by atoms with Gasteiger partial charge in [0.2, 0.25) is 10.0 Å². The van der Waals surface area contributed by atoms with E-state index in [-0.39, 0.29) is 10.9 Å². The molecule has 102 valence electrons. The monoisotopic (exact) mass is 316 g/mol. The average Bonchev–Trinajstić information content (AvgIpc) is 2.75. The summed E-state index contributed by atoms with van der Waals surface area (Å²) in [5.41, 5.74) is 0.488. The number of nitrogens with one attached hydrogen (secondary N) is 1. The standard InChI is InChI=1S/C12H13ClN2O2S2/c1-8(10-6-7-12(13)18-10)15-9-4-2-3-5-11(9)19(14,16)17/h2-8,15H,1H3,(H2,14,16,17). The Kier molecular flexibility index (Phi) is 4.15. The molecule has 0 radical (unpaired) electrons. The van der Waals surface area contributed by atoms with E-state index in [2.05, 4.69) is 5.32 Å². The molecular weight excluding hydrogens is 304 g/mol. The van der Waals surface area contributed by atoms with Gasteiger partial charge in [-0.05, 0) is 31.2 Å². The van der Waals surface area contributed by atoms with Crippen LogP contribution in [0, 0.1) is 0 Å². The van der Waals surface area contributed by atoms with E-state index in [1.54, 1.807) is 18.2 Å². The summed E-state index contributed by atoms with van der Waals surface area (Å²) in [5, 5.41) is 8.33. The van der Waals surface area contributed by atoms with Crippen molar-refractivity contribution < 1.29 is 8.42 Å². The van der Waals surface area contributed by atoms with Crippen molar-refractivity contribution in [2.75, 3.05) is 5.32 Å². The normalized spacial score (nSPS) is 13.2. The van der Waals surface area contributed by atoms with Gasteiger partial charge in [-0.1, -0.05) is 23.7 Å². The van der Waals surface area contributed by atoms with Crippen LogP contribution in [-0.2, 0) is 10.0 Å². The van der Waals surface area contributed by atoms with Crippen LogP contribution in [0.4, 0.5) is 5.69 Å². The van der Waals surface area contributed by atoms with Gasteiger partial charge in [-0.2, -0.15) is 0 Å². The topological polar surface area (TPSA) is 72.2 Å². The third-order valence-corrected chi connectivity index (χ3v) is 4.97. The number of benzene rings is 1. The number of hydrogen-bond acceptors (Lipinski definition) is 4. The second-order valence-corrected chi connectivity index (χ2v) is 7.33. The summed E-state index contributed by atoms with van der Waals surface area (Å²) in [5.74, 6) is 0. The lowest BCUT2D eigenvalue weighted by Crippen LogP contribution is -2.16. The molecule has 0 fully saturated rings. The molecule has 1 atom stereocenters. The molecule has 1 aromatic carbocycles. The summed E-state index contributed by atoms with van der Waals surface area (Å²) in [6.45, 7) is 1.93. The van der Waals surface area contributed by atoms with Crippen molar-refractivity contribution in [3.63, 3.8) is 0 Å². The predicted octanol–water partition coefficient (Wildman–Crippen LogP) is 3.22. The Hall–Kier alpha value is -1.08. The highest BCUT2D eigenvalue weighted by molar-refractivity contribution is 7.89. The zero-order valence-electron chi connectivity index (χ0n) is 10.1. The van der Waals surface area contributed by atoms with Gasteiger partial charge in [0.25, 0.3) is 0 Å². The van der Waals surface area contributed by atoms with E-state index >= 15 is 0 Å². The fourth-order valence-electron chi connectivity index (χ4n) is 1.70. The number of halogens is 1. The van der Waals surface area contributed by atoms with E-state index in [0.29, 0.717) is 10.0 Å². The number of para-hydroxylation sites is 1. The number of sulfonamides is 1. The van der Waals surface area contributed by atoms with Gasteiger partial charge in [-0.3, -0.25) is 0 Å². The molecule has 2 rings (SSSR count). The molecule has 1 heterocycles. The van der Waals surface area contributed by atoms with Crippen molar-refractivity contribution in [3.8, 4) is 0 Å². The first-order valence-electron chi connectivity index (χ1n) is 5.51. The first-order chi connectivity index (χ1) is 8.88. The minimum atomic E-state index is -3.74. The van der Waals surface area contributed by atoms with Crippen molar-refractivity contribution >= 4 is 38.6 Å². The molecule has 0 saturated heterocycles. The average molecular weight is 317 g/mol. The van der Waals surface area contributed by atoms with Gasteiger partial charge in [0.05, 0.1) is 16.1 Å². The summed E-state index contributed by atoms with van der Waals surface area (Å²) in [4.78, 5) is 1.11. The largest absolute Gasteiger partial charge is 0.377 e. The van der Waals surface area contributed by atoms with Crippen LogP contribution in [-0.4, -0.2) is 8.42 Å². The number of primary sulfonamides is 1. The van der Waals surface area contributed by atoms with E-state index in [0.717, 1.165) is 4.88 Å². The predicted molar refractivity (Wildman–Crippen MR) is 79.2 cm³/mol. The Morgan fingerprint density at radius 2 is 1.95 bits per heavy atom. The highest BCUT2D eigenvalue weighted by Gasteiger charge is 2.16. The van der Waals surface area contributed by atoms with Crippen LogP contribution < -0.4 is 10.5 Å². The Balaban J connectivity index is 2.29. The van der Waals surface area contributed by atoms with Gasteiger partial charge in [-0.15, -0.1) is 11.3 Å². The van der Waals surface area contributed by atoms with Crippen molar-refractivity contribution in [3.05, 3.63) is 45.6 Å². The Labute approximate surface area is 121 Å². The highest BCUT2D eigenvalue weighted by Crippen LogP contribution is 2.30. The third kappa shape index (κ3) is 3.48. The third-order valence-electron chi connectivity index (χ3n) is 2.59. The van der Waals surface area contributed by atoms with Crippen LogP contribution in [0.5, 0.6) is 0 Å². The van der Waals surface area contributed by atoms with Crippen molar-refractivity contribution in [1.82, 2.24) is 0 Å². The first-order valence-corrected chi connectivity index (χ1v) is 8.25. The first kappa shape index (κ1) is 14.3. The molecule has 19 heavy (non-hydrogen) atoms. The maximum atomic E-state index is 11.5. The second-order valence-electron chi connectivity index (χ2n) is 4.05. The molecule has 0 aliphatic carbocycles. The van der Waals surface area contributed by atoms with E-state index in [4.69, 9.17) is 16.7 Å². The zero-order chi connectivity index (χ0) is 14.0. The summed E-state index contributed by atoms with van der Waals surface area (Å²) in [7, 11) is -3.74. The van der Waals surface area contributed by atoms with E-state index < -0.39 is 10.0 Å². The molecule has 4 nitrogen and oxygen atoms in total. The smallest absolute Gasteiger partial charge is 0.240 e. The molecule has 0 aliphatic rings. The van der Waals surface area contributed by atoms with Gasteiger partial charge in [0.1, 0.15) is 4.90 Å². The summed E-state index contributed by atoms with van der Waals surface area (Å²) < 4.78 is 23.7. The molecule has 7 heteroatoms. The highest BCUT2D eigenvalue weighted by atomic mass is 35.5. The Morgan fingerprint density at radius 1 is 1.26 bits per heavy atom. The van der Waals surface area contributed by atoms with Crippen molar-refractivity contribution in [2.45, 2.75) is 17.9 Å². The lowest BCUT2D eigenvalue weighted by Gasteiger charge is -2.16. The number of thiophene rings is 1. The lowest BCUT2D eigenvalue weighted by atomic mass is 10.2. The van der Waals surface area contributed by atoms with Crippen LogP contribution in [0.25, 0.3) is 0 Å². The van der Waals surface area contributed by atoms with E-state index in [1.807, 2.05) is 19.1 Å². The summed E-state index contributed by atoms with van der Waals surface area (Å²) in [6.07, 6.45) is 0. The lowest BCUT2D eigenvalue weighted by molar-refractivity contribution is 0.598. The van der Waals surface area contributed by atoms with Gasteiger partial charge in [0.15, 0.2) is 0 Å². The number of rotatable bonds is 4. The van der Waals surface area contributed by atoms with Crippen LogP contribution in [0.3, 0.4) is 0 Å². The Morgan fingerprint density at radius 3 is 2.53 bits per heavy atom. The van der Waals surface area contributed by atoms with Gasteiger partial charge < -0.3 is 5.32 Å². The zero-order valence-corrected chi connectivity index (χ0v) is 12.5. The molecule has 3 N–H and O–H groups in total. The summed E-state index contributed by atoms with van der Waals surface area (Å²) >= 11 is 7.34. The maximum absolute atomic E-state index is 11.5. The molecule has 0 bridgehead atoms. The number of anilines is 1. The molecule has 1 aromatic heterocycles. The SMILES string of the molecule is CC(Nc1ccccc1S(N)(=O)=O)c1ccc(Cl)s1. The van der Waals surface area contributed by atoms with Crippen LogP contribution >= 0.6 is 22.9 Å². The number of nitrogens with two attached hydrogens (primary N) is 1. The van der Waals surface area contributed by atoms with Gasteiger partial charge in [-0.25, -0.2) is 13.6 Å². The molecule has 1 unspecified atom stereocenters. The molecule has 2 aromatic rings. The second kappa shape index (κ2) is 5.50. The van der Waals surface area contributed by atoms with Crippen molar-refractivity contribution in [2.24, 2.45) is 5.14 Å². The van der Waals surface area contributed by atoms with Crippen molar-refractivity contribution in [1.29, 1.82) is 0 Å². The van der Waals surface area contributed by atoms with Gasteiger partial charge in [0, 0.05) is 4.88 Å². The fourth-order valence-corrected chi connectivity index (χ4v) is 3.46. The van der Waals surface area contributed by atoms with E-state index in [1.165, 1.54) is 17.4 Å². The Bertz CT molecular complexity index is 683. The summed E-state index contributed by atoms with van der Waals surface area (Å²) in [6, 6.07) is 10.2. The van der Waals surface area contributed by atoms with Crippen LogP contribution in [0.1, 0.15) is 17.8 Å². The fraction of sp³-hybridized carbons (Fsp3) is 0.167. The molecular formula is C12H13ClN2O2S2. The van der Waals surface area contributed by atoms with Gasteiger partial charge >= 0.3 is 0 Å². The van der Waals surface area contributed by atoms with E-state index in [9.17, 15) is 8.42 Å². The minimum absolute atomic E-state index is 0.0552.